The maximum atomic E-state index is 11.7. The first-order chi connectivity index (χ1) is 8.74. The molecular weight excluding hydrogens is 226 g/mol. The highest BCUT2D eigenvalue weighted by molar-refractivity contribution is 5.86. The van der Waals surface area contributed by atoms with Crippen LogP contribution in [0.15, 0.2) is 24.3 Å². The van der Waals surface area contributed by atoms with Gasteiger partial charge in [-0.2, -0.15) is 0 Å². The van der Waals surface area contributed by atoms with Crippen molar-refractivity contribution in [3.05, 3.63) is 29.8 Å². The van der Waals surface area contributed by atoms with Gasteiger partial charge in [-0.1, -0.05) is 25.1 Å². The lowest BCUT2D eigenvalue weighted by Crippen LogP contribution is -2.54. The number of carbonyl (C=O) groups is 1. The largest absolute Gasteiger partial charge is 0.358 e. The van der Waals surface area contributed by atoms with E-state index in [4.69, 9.17) is 0 Å². The Bertz CT molecular complexity index is 419. The molecule has 1 saturated heterocycles. The van der Waals surface area contributed by atoms with Gasteiger partial charge in [-0.05, 0) is 25.1 Å². The van der Waals surface area contributed by atoms with E-state index in [2.05, 4.69) is 34.6 Å². The molecular formula is C14H21N3O. The minimum absolute atomic E-state index is 0.0958. The van der Waals surface area contributed by atoms with E-state index >= 15 is 0 Å². The summed E-state index contributed by atoms with van der Waals surface area (Å²) in [5, 5.41) is 6.24. The van der Waals surface area contributed by atoms with Gasteiger partial charge in [-0.3, -0.25) is 4.79 Å². The van der Waals surface area contributed by atoms with E-state index < -0.39 is 0 Å². The van der Waals surface area contributed by atoms with Gasteiger partial charge >= 0.3 is 0 Å². The van der Waals surface area contributed by atoms with Gasteiger partial charge < -0.3 is 15.5 Å². The topological polar surface area (TPSA) is 44.4 Å². The van der Waals surface area contributed by atoms with Crippen LogP contribution in [0.4, 0.5) is 5.69 Å². The summed E-state index contributed by atoms with van der Waals surface area (Å²) in [5.74, 6) is 0.111. The molecule has 0 aliphatic carbocycles. The molecule has 0 saturated carbocycles. The number of hydrogen-bond donors (Lipinski definition) is 2. The lowest BCUT2D eigenvalue weighted by Gasteiger charge is -2.36. The molecule has 4 heteroatoms. The van der Waals surface area contributed by atoms with Crippen molar-refractivity contribution in [2.45, 2.75) is 26.4 Å². The zero-order valence-corrected chi connectivity index (χ0v) is 11.1. The lowest BCUT2D eigenvalue weighted by atomic mass is 10.1. The third kappa shape index (κ3) is 2.64. The molecule has 0 radical (unpaired) electrons. The third-order valence-corrected chi connectivity index (χ3v) is 3.37. The minimum atomic E-state index is -0.0958. The van der Waals surface area contributed by atoms with E-state index in [1.165, 1.54) is 11.3 Å². The highest BCUT2D eigenvalue weighted by Gasteiger charge is 2.26. The molecule has 1 unspecified atom stereocenters. The van der Waals surface area contributed by atoms with E-state index in [0.29, 0.717) is 0 Å². The highest BCUT2D eigenvalue weighted by atomic mass is 16.2. The van der Waals surface area contributed by atoms with Crippen molar-refractivity contribution in [1.29, 1.82) is 0 Å². The minimum Gasteiger partial charge on any atom is -0.358 e. The number of benzene rings is 1. The van der Waals surface area contributed by atoms with Gasteiger partial charge in [0.25, 0.3) is 0 Å². The fourth-order valence-corrected chi connectivity index (χ4v) is 2.31. The van der Waals surface area contributed by atoms with E-state index in [-0.39, 0.29) is 11.9 Å². The summed E-state index contributed by atoms with van der Waals surface area (Å²) in [6.07, 6.45) is 0. The molecule has 1 atom stereocenters. The molecule has 18 heavy (non-hydrogen) atoms. The van der Waals surface area contributed by atoms with Gasteiger partial charge in [0.2, 0.25) is 5.91 Å². The molecule has 0 aromatic heterocycles. The molecule has 1 aromatic carbocycles. The summed E-state index contributed by atoms with van der Waals surface area (Å²) in [4.78, 5) is 13.9. The third-order valence-electron chi connectivity index (χ3n) is 3.37. The lowest BCUT2D eigenvalue weighted by molar-refractivity contribution is -0.122. The number of carbonyl (C=O) groups excluding carboxylic acids is 1. The van der Waals surface area contributed by atoms with Crippen LogP contribution in [-0.4, -0.2) is 31.6 Å². The van der Waals surface area contributed by atoms with E-state index in [1.807, 2.05) is 19.1 Å². The average Bonchev–Trinajstić information content (AvgIpc) is 2.40. The molecule has 1 amide bonds. The SMILES string of the molecule is CCNCc1ccccc1N1CCNC(=O)C1C. The van der Waals surface area contributed by atoms with Crippen LogP contribution in [0.1, 0.15) is 19.4 Å². The normalized spacial score (nSPS) is 19.8. The van der Waals surface area contributed by atoms with Crippen LogP contribution in [0.5, 0.6) is 0 Å². The van der Waals surface area contributed by atoms with Crippen molar-refractivity contribution >= 4 is 11.6 Å². The van der Waals surface area contributed by atoms with Gasteiger partial charge in [0.1, 0.15) is 6.04 Å². The molecule has 4 nitrogen and oxygen atoms in total. The first kappa shape index (κ1) is 12.9. The van der Waals surface area contributed by atoms with Crippen LogP contribution in [0.25, 0.3) is 0 Å². The smallest absolute Gasteiger partial charge is 0.242 e. The quantitative estimate of drug-likeness (QED) is 0.838. The number of amides is 1. The molecule has 98 valence electrons. The molecule has 2 N–H and O–H groups in total. The average molecular weight is 247 g/mol. The molecule has 0 spiro atoms. The summed E-state index contributed by atoms with van der Waals surface area (Å²) in [7, 11) is 0. The molecule has 1 aliphatic heterocycles. The Hall–Kier alpha value is -1.55. The summed E-state index contributed by atoms with van der Waals surface area (Å²) in [6, 6.07) is 8.20. The maximum absolute atomic E-state index is 11.7. The van der Waals surface area contributed by atoms with Crippen molar-refractivity contribution in [3.8, 4) is 0 Å². The van der Waals surface area contributed by atoms with Crippen LogP contribution < -0.4 is 15.5 Å². The Morgan fingerprint density at radius 2 is 2.22 bits per heavy atom. The second-order valence-corrected chi connectivity index (χ2v) is 4.57. The van der Waals surface area contributed by atoms with Gasteiger partial charge in [-0.15, -0.1) is 0 Å². The van der Waals surface area contributed by atoms with Gasteiger partial charge in [0.15, 0.2) is 0 Å². The van der Waals surface area contributed by atoms with Gasteiger partial charge in [-0.25, -0.2) is 0 Å². The molecule has 1 fully saturated rings. The van der Waals surface area contributed by atoms with Crippen molar-refractivity contribution in [1.82, 2.24) is 10.6 Å². The molecule has 1 aliphatic rings. The van der Waals surface area contributed by atoms with Crippen LogP contribution in [0.2, 0.25) is 0 Å². The van der Waals surface area contributed by atoms with Crippen LogP contribution in [0, 0.1) is 0 Å². The predicted molar refractivity (Wildman–Crippen MR) is 73.6 cm³/mol. The fourth-order valence-electron chi connectivity index (χ4n) is 2.31. The summed E-state index contributed by atoms with van der Waals surface area (Å²) in [6.45, 7) is 7.44. The van der Waals surface area contributed by atoms with Crippen molar-refractivity contribution in [2.75, 3.05) is 24.5 Å². The number of hydrogen-bond acceptors (Lipinski definition) is 3. The first-order valence-electron chi connectivity index (χ1n) is 6.57. The summed E-state index contributed by atoms with van der Waals surface area (Å²) < 4.78 is 0. The van der Waals surface area contributed by atoms with Crippen LogP contribution >= 0.6 is 0 Å². The van der Waals surface area contributed by atoms with Crippen molar-refractivity contribution in [3.63, 3.8) is 0 Å². The monoisotopic (exact) mass is 247 g/mol. The number of rotatable bonds is 4. The zero-order valence-electron chi connectivity index (χ0n) is 11.1. The van der Waals surface area contributed by atoms with E-state index in [1.54, 1.807) is 0 Å². The van der Waals surface area contributed by atoms with E-state index in [0.717, 1.165) is 26.2 Å². The van der Waals surface area contributed by atoms with Crippen molar-refractivity contribution in [2.24, 2.45) is 0 Å². The number of nitrogens with one attached hydrogen (secondary N) is 2. The Labute approximate surface area is 108 Å². The Morgan fingerprint density at radius 1 is 1.44 bits per heavy atom. The van der Waals surface area contributed by atoms with Crippen molar-refractivity contribution < 1.29 is 4.79 Å². The van der Waals surface area contributed by atoms with Crippen LogP contribution in [0.3, 0.4) is 0 Å². The fraction of sp³-hybridized carbons (Fsp3) is 0.500. The standard InChI is InChI=1S/C14H21N3O/c1-3-15-10-12-6-4-5-7-13(12)17-9-8-16-14(18)11(17)2/h4-7,11,15H,3,8-10H2,1-2H3,(H,16,18). The Balaban J connectivity index is 2.23. The number of piperazine rings is 1. The molecule has 2 rings (SSSR count). The zero-order chi connectivity index (χ0) is 13.0. The Morgan fingerprint density at radius 3 is 3.00 bits per heavy atom. The predicted octanol–water partition coefficient (Wildman–Crippen LogP) is 1.12. The number of para-hydroxylation sites is 1. The number of nitrogens with zero attached hydrogens (tertiary/aromatic N) is 1. The summed E-state index contributed by atoms with van der Waals surface area (Å²) in [5.41, 5.74) is 2.42. The van der Waals surface area contributed by atoms with E-state index in [9.17, 15) is 4.79 Å². The molecule has 1 heterocycles. The van der Waals surface area contributed by atoms with Gasteiger partial charge in [0, 0.05) is 25.3 Å². The molecule has 0 bridgehead atoms. The highest BCUT2D eigenvalue weighted by Crippen LogP contribution is 2.23. The first-order valence-corrected chi connectivity index (χ1v) is 6.57. The Kier molecular flexibility index (Phi) is 4.20. The second-order valence-electron chi connectivity index (χ2n) is 4.57. The van der Waals surface area contributed by atoms with Gasteiger partial charge in [0.05, 0.1) is 0 Å². The van der Waals surface area contributed by atoms with Crippen LogP contribution in [-0.2, 0) is 11.3 Å². The summed E-state index contributed by atoms with van der Waals surface area (Å²) >= 11 is 0. The second kappa shape index (κ2) is 5.87. The maximum Gasteiger partial charge on any atom is 0.242 e. The molecule has 1 aromatic rings. The number of anilines is 1.